The maximum Gasteiger partial charge on any atom is 0.0706 e. The van der Waals surface area contributed by atoms with Crippen LogP contribution in [0, 0.1) is 5.92 Å². The van der Waals surface area contributed by atoms with Gasteiger partial charge >= 0.3 is 0 Å². The zero-order chi connectivity index (χ0) is 12.5. The van der Waals surface area contributed by atoms with Gasteiger partial charge in [-0.2, -0.15) is 0 Å². The molecular weight excluding hydrogens is 224 g/mol. The molecule has 0 radical (unpaired) electrons. The van der Waals surface area contributed by atoms with E-state index >= 15 is 0 Å². The fourth-order valence-corrected chi connectivity index (χ4v) is 3.61. The molecule has 18 heavy (non-hydrogen) atoms. The summed E-state index contributed by atoms with van der Waals surface area (Å²) in [4.78, 5) is 2.74. The Morgan fingerprint density at radius 1 is 1.22 bits per heavy atom. The second kappa shape index (κ2) is 5.48. The molecule has 4 unspecified atom stereocenters. The third-order valence-electron chi connectivity index (χ3n) is 4.96. The van der Waals surface area contributed by atoms with Crippen molar-refractivity contribution in [2.24, 2.45) is 5.92 Å². The van der Waals surface area contributed by atoms with Crippen molar-refractivity contribution in [3.63, 3.8) is 0 Å². The van der Waals surface area contributed by atoms with Gasteiger partial charge in [0.05, 0.1) is 12.2 Å². The summed E-state index contributed by atoms with van der Waals surface area (Å²) in [5, 5.41) is 3.72. The predicted octanol–water partition coefficient (Wildman–Crippen LogP) is 2.02. The summed E-state index contributed by atoms with van der Waals surface area (Å²) < 4.78 is 6.02. The molecule has 3 rings (SSSR count). The number of hydrogen-bond donors (Lipinski definition) is 1. The molecule has 0 aromatic heterocycles. The summed E-state index contributed by atoms with van der Waals surface area (Å²) in [6.07, 6.45) is 7.64. The van der Waals surface area contributed by atoms with Gasteiger partial charge in [-0.05, 0) is 44.9 Å². The molecule has 1 aliphatic carbocycles. The van der Waals surface area contributed by atoms with Gasteiger partial charge in [0.1, 0.15) is 0 Å². The van der Waals surface area contributed by atoms with Crippen LogP contribution in [-0.4, -0.2) is 48.8 Å². The number of piperazine rings is 1. The van der Waals surface area contributed by atoms with Gasteiger partial charge in [0.25, 0.3) is 0 Å². The highest BCUT2D eigenvalue weighted by Gasteiger charge is 2.39. The first-order valence-electron chi connectivity index (χ1n) is 7.89. The van der Waals surface area contributed by atoms with Gasteiger partial charge in [-0.15, -0.1) is 0 Å². The number of ether oxygens (including phenoxy) is 1. The molecule has 2 saturated heterocycles. The highest BCUT2D eigenvalue weighted by molar-refractivity contribution is 4.95. The van der Waals surface area contributed by atoms with Crippen molar-refractivity contribution in [1.29, 1.82) is 0 Å². The summed E-state index contributed by atoms with van der Waals surface area (Å²) in [5.74, 6) is 0.967. The molecular formula is C15H28N2O. The van der Waals surface area contributed by atoms with E-state index in [4.69, 9.17) is 4.74 Å². The van der Waals surface area contributed by atoms with Crippen molar-refractivity contribution in [1.82, 2.24) is 10.2 Å². The van der Waals surface area contributed by atoms with Crippen LogP contribution in [0.4, 0.5) is 0 Å². The molecule has 0 aromatic rings. The Hall–Kier alpha value is -0.120. The average Bonchev–Trinajstić information content (AvgIpc) is 3.13. The van der Waals surface area contributed by atoms with E-state index in [1.807, 2.05) is 0 Å². The van der Waals surface area contributed by atoms with Crippen LogP contribution in [0.2, 0.25) is 0 Å². The lowest BCUT2D eigenvalue weighted by molar-refractivity contribution is 0.00686. The van der Waals surface area contributed by atoms with Gasteiger partial charge in [0, 0.05) is 31.7 Å². The first-order chi connectivity index (χ1) is 8.76. The summed E-state index contributed by atoms with van der Waals surface area (Å²) in [7, 11) is 0. The average molecular weight is 252 g/mol. The van der Waals surface area contributed by atoms with Crippen LogP contribution in [0.25, 0.3) is 0 Å². The van der Waals surface area contributed by atoms with E-state index in [1.165, 1.54) is 51.7 Å². The summed E-state index contributed by atoms with van der Waals surface area (Å²) in [6.45, 7) is 8.10. The zero-order valence-electron chi connectivity index (χ0n) is 11.9. The first kappa shape index (κ1) is 12.9. The van der Waals surface area contributed by atoms with Crippen LogP contribution in [0.3, 0.4) is 0 Å². The summed E-state index contributed by atoms with van der Waals surface area (Å²) in [6, 6.07) is 1.48. The third kappa shape index (κ3) is 2.89. The number of rotatable bonds is 4. The van der Waals surface area contributed by atoms with E-state index in [2.05, 4.69) is 24.1 Å². The quantitative estimate of drug-likeness (QED) is 0.828. The Balaban J connectivity index is 1.58. The number of hydrogen-bond acceptors (Lipinski definition) is 3. The van der Waals surface area contributed by atoms with Gasteiger partial charge in [-0.3, -0.25) is 4.90 Å². The molecule has 4 atom stereocenters. The van der Waals surface area contributed by atoms with E-state index in [9.17, 15) is 0 Å². The maximum atomic E-state index is 6.02. The molecule has 104 valence electrons. The lowest BCUT2D eigenvalue weighted by atomic mass is 10.0. The van der Waals surface area contributed by atoms with Crippen LogP contribution in [0.5, 0.6) is 0 Å². The van der Waals surface area contributed by atoms with Gasteiger partial charge < -0.3 is 10.1 Å². The third-order valence-corrected chi connectivity index (χ3v) is 4.96. The van der Waals surface area contributed by atoms with E-state index < -0.39 is 0 Å². The Labute approximate surface area is 111 Å². The predicted molar refractivity (Wildman–Crippen MR) is 73.7 cm³/mol. The van der Waals surface area contributed by atoms with Crippen LogP contribution in [0.1, 0.15) is 46.0 Å². The minimum atomic E-state index is 0.485. The lowest BCUT2D eigenvalue weighted by Gasteiger charge is -2.41. The summed E-state index contributed by atoms with van der Waals surface area (Å²) >= 11 is 0. The Kier molecular flexibility index (Phi) is 3.92. The van der Waals surface area contributed by atoms with Crippen molar-refractivity contribution in [2.75, 3.05) is 19.6 Å². The van der Waals surface area contributed by atoms with Crippen molar-refractivity contribution in [3.8, 4) is 0 Å². The molecule has 0 aromatic carbocycles. The van der Waals surface area contributed by atoms with E-state index in [0.29, 0.717) is 18.2 Å². The monoisotopic (exact) mass is 252 g/mol. The molecule has 3 aliphatic rings. The molecule has 2 aliphatic heterocycles. The highest BCUT2D eigenvalue weighted by atomic mass is 16.5. The highest BCUT2D eigenvalue weighted by Crippen LogP contribution is 2.37. The van der Waals surface area contributed by atoms with Gasteiger partial charge in [0.2, 0.25) is 0 Å². The SMILES string of the molecule is CCC1CN(CC2CCC(C)O2)C(C2CC2)CN1. The van der Waals surface area contributed by atoms with E-state index in [0.717, 1.165) is 12.0 Å². The number of nitrogens with zero attached hydrogens (tertiary/aromatic N) is 1. The number of nitrogens with one attached hydrogen (secondary N) is 1. The normalized spacial score (nSPS) is 42.3. The van der Waals surface area contributed by atoms with Crippen molar-refractivity contribution in [3.05, 3.63) is 0 Å². The van der Waals surface area contributed by atoms with Gasteiger partial charge in [-0.25, -0.2) is 0 Å². The van der Waals surface area contributed by atoms with Crippen molar-refractivity contribution in [2.45, 2.75) is 70.2 Å². The van der Waals surface area contributed by atoms with Crippen LogP contribution in [-0.2, 0) is 4.74 Å². The fraction of sp³-hybridized carbons (Fsp3) is 1.00. The smallest absolute Gasteiger partial charge is 0.0706 e. The molecule has 3 nitrogen and oxygen atoms in total. The zero-order valence-corrected chi connectivity index (χ0v) is 11.9. The molecule has 0 amide bonds. The Morgan fingerprint density at radius 2 is 2.06 bits per heavy atom. The standard InChI is InChI=1S/C15H28N2O/c1-3-13-9-17(10-14-7-4-11(2)18-14)15(8-16-13)12-5-6-12/h11-16H,3-10H2,1-2H3. The fourth-order valence-electron chi connectivity index (χ4n) is 3.61. The molecule has 3 heteroatoms. The van der Waals surface area contributed by atoms with Crippen LogP contribution >= 0.6 is 0 Å². The van der Waals surface area contributed by atoms with E-state index in [1.54, 1.807) is 0 Å². The summed E-state index contributed by atoms with van der Waals surface area (Å²) in [5.41, 5.74) is 0. The largest absolute Gasteiger partial charge is 0.374 e. The van der Waals surface area contributed by atoms with Gasteiger partial charge in [-0.1, -0.05) is 6.92 Å². The molecule has 0 spiro atoms. The second-order valence-corrected chi connectivity index (χ2v) is 6.52. The first-order valence-corrected chi connectivity index (χ1v) is 7.89. The Bertz CT molecular complexity index is 280. The minimum absolute atomic E-state index is 0.485. The molecule has 0 bridgehead atoms. The topological polar surface area (TPSA) is 24.5 Å². The molecule has 1 saturated carbocycles. The minimum Gasteiger partial charge on any atom is -0.374 e. The van der Waals surface area contributed by atoms with Crippen molar-refractivity contribution >= 4 is 0 Å². The molecule has 2 heterocycles. The second-order valence-electron chi connectivity index (χ2n) is 6.52. The maximum absolute atomic E-state index is 6.02. The van der Waals surface area contributed by atoms with Crippen molar-refractivity contribution < 1.29 is 4.74 Å². The van der Waals surface area contributed by atoms with E-state index in [-0.39, 0.29) is 0 Å². The van der Waals surface area contributed by atoms with Crippen LogP contribution < -0.4 is 5.32 Å². The molecule has 3 fully saturated rings. The lowest BCUT2D eigenvalue weighted by Crippen LogP contribution is -2.58. The molecule has 1 N–H and O–H groups in total. The van der Waals surface area contributed by atoms with Gasteiger partial charge in [0.15, 0.2) is 0 Å². The van der Waals surface area contributed by atoms with Crippen LogP contribution in [0.15, 0.2) is 0 Å². The Morgan fingerprint density at radius 3 is 2.67 bits per heavy atom.